The van der Waals surface area contributed by atoms with Crippen molar-refractivity contribution >= 4 is 34.7 Å². The fourth-order valence-electron chi connectivity index (χ4n) is 3.86. The van der Waals surface area contributed by atoms with Crippen LogP contribution in [0.5, 0.6) is 11.5 Å². The number of rotatable bonds is 4. The normalized spacial score (nSPS) is 17.3. The smallest absolute Gasteiger partial charge is 0.338 e. The molecule has 7 nitrogen and oxygen atoms in total. The van der Waals surface area contributed by atoms with Crippen molar-refractivity contribution in [2.24, 2.45) is 4.99 Å². The number of carbonyl (C=O) groups is 1. The molecule has 4 heterocycles. The van der Waals surface area contributed by atoms with Gasteiger partial charge < -0.3 is 14.2 Å². The topological polar surface area (TPSA) is 79.1 Å². The van der Waals surface area contributed by atoms with Crippen LogP contribution in [-0.2, 0) is 9.53 Å². The fourth-order valence-corrected chi connectivity index (χ4v) is 5.72. The summed E-state index contributed by atoms with van der Waals surface area (Å²) in [6.07, 6.45) is 1.84. The van der Waals surface area contributed by atoms with Crippen molar-refractivity contribution in [3.63, 3.8) is 0 Å². The van der Waals surface area contributed by atoms with Gasteiger partial charge in [0.15, 0.2) is 16.3 Å². The summed E-state index contributed by atoms with van der Waals surface area (Å²) in [7, 11) is 0. The van der Waals surface area contributed by atoms with E-state index in [9.17, 15) is 9.59 Å². The van der Waals surface area contributed by atoms with Gasteiger partial charge in [0.1, 0.15) is 6.04 Å². The second-order valence-corrected chi connectivity index (χ2v) is 9.37. The first-order valence-corrected chi connectivity index (χ1v) is 11.8. The molecule has 0 bridgehead atoms. The molecule has 1 aromatic carbocycles. The molecule has 0 saturated carbocycles. The molecule has 0 saturated heterocycles. The van der Waals surface area contributed by atoms with Gasteiger partial charge in [0.05, 0.1) is 22.4 Å². The second kappa shape index (κ2) is 8.07. The average Bonchev–Trinajstić information content (AvgIpc) is 3.49. The number of hydrogen-bond acceptors (Lipinski definition) is 8. The Hall–Kier alpha value is -3.17. The van der Waals surface area contributed by atoms with Gasteiger partial charge in [-0.05, 0) is 61.6 Å². The molecule has 0 radical (unpaired) electrons. The van der Waals surface area contributed by atoms with Crippen molar-refractivity contribution in [1.29, 1.82) is 0 Å². The Bertz CT molecular complexity index is 1430. The number of benzene rings is 1. The fraction of sp³-hybridized carbons (Fsp3) is 0.261. The lowest BCUT2D eigenvalue weighted by Gasteiger charge is -2.23. The quantitative estimate of drug-likeness (QED) is 0.550. The molecule has 9 heteroatoms. The summed E-state index contributed by atoms with van der Waals surface area (Å²) in [5.41, 5.74) is 2.60. The summed E-state index contributed by atoms with van der Waals surface area (Å²) >= 11 is 2.80. The number of nitrogens with zero attached hydrogens (tertiary/aromatic N) is 2. The van der Waals surface area contributed by atoms with Crippen LogP contribution >= 0.6 is 22.7 Å². The lowest BCUT2D eigenvalue weighted by Crippen LogP contribution is -2.39. The molecular weight excluding hydrogens is 448 g/mol. The number of ether oxygens (including phenoxy) is 3. The molecule has 5 rings (SSSR count). The van der Waals surface area contributed by atoms with Gasteiger partial charge in [-0.1, -0.05) is 17.4 Å². The van der Waals surface area contributed by atoms with Crippen LogP contribution in [0.25, 0.3) is 6.08 Å². The number of fused-ring (bicyclic) bond motifs is 2. The highest BCUT2D eigenvalue weighted by atomic mass is 32.1. The van der Waals surface area contributed by atoms with Gasteiger partial charge in [0, 0.05) is 4.88 Å². The number of hydrogen-bond donors (Lipinski definition) is 0. The summed E-state index contributed by atoms with van der Waals surface area (Å²) in [5, 5.41) is 1.93. The molecule has 32 heavy (non-hydrogen) atoms. The predicted octanol–water partition coefficient (Wildman–Crippen LogP) is 2.90. The van der Waals surface area contributed by atoms with Crippen LogP contribution in [0.1, 0.15) is 35.9 Å². The SMILES string of the molecule is CCOC(=O)C1=C(C)N=c2s/c(=C/c3cc4c(cc3C)OCO4)c(=O)n2C1c1cccs1. The lowest BCUT2D eigenvalue weighted by atomic mass is 10.0. The molecule has 0 N–H and O–H groups in total. The first-order chi connectivity index (χ1) is 15.5. The Balaban J connectivity index is 1.70. The molecule has 2 aliphatic heterocycles. The Morgan fingerprint density at radius 3 is 2.81 bits per heavy atom. The Morgan fingerprint density at radius 2 is 2.09 bits per heavy atom. The molecule has 2 aromatic heterocycles. The summed E-state index contributed by atoms with van der Waals surface area (Å²) < 4.78 is 18.4. The van der Waals surface area contributed by atoms with Gasteiger partial charge in [-0.15, -0.1) is 11.3 Å². The third-order valence-electron chi connectivity index (χ3n) is 5.38. The van der Waals surface area contributed by atoms with E-state index >= 15 is 0 Å². The Morgan fingerprint density at radius 1 is 1.31 bits per heavy atom. The molecule has 1 atom stereocenters. The van der Waals surface area contributed by atoms with E-state index in [1.165, 1.54) is 22.7 Å². The molecule has 164 valence electrons. The van der Waals surface area contributed by atoms with Crippen LogP contribution in [0.2, 0.25) is 0 Å². The van der Waals surface area contributed by atoms with E-state index in [-0.39, 0.29) is 19.0 Å². The minimum absolute atomic E-state index is 0.192. The van der Waals surface area contributed by atoms with Crippen molar-refractivity contribution < 1.29 is 19.0 Å². The molecule has 0 spiro atoms. The van der Waals surface area contributed by atoms with Gasteiger partial charge in [-0.25, -0.2) is 9.79 Å². The number of carbonyl (C=O) groups excluding carboxylic acids is 1. The van der Waals surface area contributed by atoms with Crippen molar-refractivity contribution in [3.05, 3.63) is 76.6 Å². The number of aromatic nitrogens is 1. The zero-order valence-electron chi connectivity index (χ0n) is 17.7. The van der Waals surface area contributed by atoms with Crippen LogP contribution in [0.3, 0.4) is 0 Å². The van der Waals surface area contributed by atoms with Crippen LogP contribution in [0.15, 0.2) is 50.7 Å². The van der Waals surface area contributed by atoms with Crippen LogP contribution in [-0.4, -0.2) is 23.9 Å². The van der Waals surface area contributed by atoms with Crippen LogP contribution in [0.4, 0.5) is 0 Å². The maximum absolute atomic E-state index is 13.6. The molecule has 0 aliphatic carbocycles. The van der Waals surface area contributed by atoms with E-state index in [0.717, 1.165) is 16.0 Å². The number of esters is 1. The van der Waals surface area contributed by atoms with E-state index in [4.69, 9.17) is 14.2 Å². The number of thiophene rings is 1. The lowest BCUT2D eigenvalue weighted by molar-refractivity contribution is -0.139. The van der Waals surface area contributed by atoms with Crippen LogP contribution < -0.4 is 24.4 Å². The monoisotopic (exact) mass is 468 g/mol. The minimum Gasteiger partial charge on any atom is -0.463 e. The van der Waals surface area contributed by atoms with E-state index < -0.39 is 12.0 Å². The zero-order chi connectivity index (χ0) is 22.4. The van der Waals surface area contributed by atoms with Crippen molar-refractivity contribution in [1.82, 2.24) is 4.57 Å². The number of allylic oxidation sites excluding steroid dienone is 1. The Kier molecular flexibility index (Phi) is 5.22. The average molecular weight is 469 g/mol. The van der Waals surface area contributed by atoms with E-state index in [1.54, 1.807) is 18.4 Å². The van der Waals surface area contributed by atoms with Gasteiger partial charge in [0.25, 0.3) is 5.56 Å². The highest BCUT2D eigenvalue weighted by Gasteiger charge is 2.33. The third-order valence-corrected chi connectivity index (χ3v) is 7.29. The standard InChI is InChI=1S/C23H20N2O5S2/c1-4-28-22(27)19-13(3)24-23-25(20(19)17-6-5-7-31-17)21(26)18(32-23)10-14-9-16-15(8-12(14)2)29-11-30-16/h5-10,20H,4,11H2,1-3H3/b18-10+. The molecule has 0 fully saturated rings. The van der Waals surface area contributed by atoms with Gasteiger partial charge in [-0.3, -0.25) is 9.36 Å². The minimum atomic E-state index is -0.565. The van der Waals surface area contributed by atoms with Crippen molar-refractivity contribution in [3.8, 4) is 11.5 Å². The first-order valence-electron chi connectivity index (χ1n) is 10.1. The highest BCUT2D eigenvalue weighted by molar-refractivity contribution is 7.10. The van der Waals surface area contributed by atoms with E-state index in [2.05, 4.69) is 4.99 Å². The molecule has 0 amide bonds. The summed E-state index contributed by atoms with van der Waals surface area (Å²) in [4.78, 5) is 32.4. The predicted molar refractivity (Wildman–Crippen MR) is 122 cm³/mol. The largest absolute Gasteiger partial charge is 0.463 e. The van der Waals surface area contributed by atoms with Gasteiger partial charge >= 0.3 is 5.97 Å². The second-order valence-electron chi connectivity index (χ2n) is 7.38. The maximum Gasteiger partial charge on any atom is 0.338 e. The molecule has 1 unspecified atom stereocenters. The zero-order valence-corrected chi connectivity index (χ0v) is 19.3. The molecular formula is C23H20N2O5S2. The van der Waals surface area contributed by atoms with Crippen molar-refractivity contribution in [2.45, 2.75) is 26.8 Å². The summed E-state index contributed by atoms with van der Waals surface area (Å²) in [6.45, 7) is 5.95. The van der Waals surface area contributed by atoms with Gasteiger partial charge in [-0.2, -0.15) is 0 Å². The highest BCUT2D eigenvalue weighted by Crippen LogP contribution is 2.35. The third kappa shape index (κ3) is 3.37. The maximum atomic E-state index is 13.6. The molecule has 2 aliphatic rings. The summed E-state index contributed by atoms with van der Waals surface area (Å²) in [6, 6.07) is 7.05. The molecule has 3 aromatic rings. The number of thiazole rings is 1. The Labute approximate surface area is 191 Å². The first kappa shape index (κ1) is 20.7. The van der Waals surface area contributed by atoms with E-state index in [0.29, 0.717) is 32.1 Å². The van der Waals surface area contributed by atoms with Gasteiger partial charge in [0.2, 0.25) is 6.79 Å². The van der Waals surface area contributed by atoms with Crippen molar-refractivity contribution in [2.75, 3.05) is 13.4 Å². The number of aryl methyl sites for hydroxylation is 1. The van der Waals surface area contributed by atoms with E-state index in [1.807, 2.05) is 42.6 Å². The summed E-state index contributed by atoms with van der Waals surface area (Å²) in [5.74, 6) is 0.910. The van der Waals surface area contributed by atoms with Crippen LogP contribution in [0, 0.1) is 6.92 Å².